The average Bonchev–Trinajstić information content (AvgIpc) is 2.33. The molecule has 5 heteroatoms. The summed E-state index contributed by atoms with van der Waals surface area (Å²) in [5, 5.41) is 22.1. The van der Waals surface area contributed by atoms with Crippen molar-refractivity contribution in [1.29, 1.82) is 0 Å². The Morgan fingerprint density at radius 3 is 2.71 bits per heavy atom. The molecule has 0 aliphatic carbocycles. The van der Waals surface area contributed by atoms with Gasteiger partial charge in [0.25, 0.3) is 0 Å². The molecule has 5 nitrogen and oxygen atoms in total. The highest BCUT2D eigenvalue weighted by molar-refractivity contribution is 5.92. The Morgan fingerprint density at radius 1 is 1.41 bits per heavy atom. The number of methoxy groups -OCH3 is 1. The third-order valence-electron chi connectivity index (χ3n) is 2.36. The molecular formula is C12H17NO4. The summed E-state index contributed by atoms with van der Waals surface area (Å²) < 4.78 is 4.55. The van der Waals surface area contributed by atoms with Crippen LogP contribution in [-0.2, 0) is 4.74 Å². The molecule has 0 amide bonds. The number of phenolic OH excluding ortho intramolecular Hbond substituents is 2. The van der Waals surface area contributed by atoms with Gasteiger partial charge in [-0.2, -0.15) is 0 Å². The highest BCUT2D eigenvalue weighted by Gasteiger charge is 2.13. The fourth-order valence-electron chi connectivity index (χ4n) is 1.39. The predicted octanol–water partition coefficient (Wildman–Crippen LogP) is 2.10. The Morgan fingerprint density at radius 2 is 2.12 bits per heavy atom. The first-order valence-corrected chi connectivity index (χ1v) is 5.48. The van der Waals surface area contributed by atoms with Gasteiger partial charge in [0, 0.05) is 6.54 Å². The van der Waals surface area contributed by atoms with Crippen LogP contribution in [-0.4, -0.2) is 29.8 Å². The molecule has 1 aromatic rings. The summed E-state index contributed by atoms with van der Waals surface area (Å²) in [4.78, 5) is 11.3. The summed E-state index contributed by atoms with van der Waals surface area (Å²) in [6.45, 7) is 2.71. The van der Waals surface area contributed by atoms with Gasteiger partial charge in [-0.15, -0.1) is 0 Å². The summed E-state index contributed by atoms with van der Waals surface area (Å²) in [5.41, 5.74) is 0.528. The summed E-state index contributed by atoms with van der Waals surface area (Å²) in [7, 11) is 1.26. The largest absolute Gasteiger partial charge is 0.504 e. The van der Waals surface area contributed by atoms with Crippen molar-refractivity contribution in [2.75, 3.05) is 19.0 Å². The maximum atomic E-state index is 11.3. The number of anilines is 1. The Kier molecular flexibility index (Phi) is 4.63. The van der Waals surface area contributed by atoms with Crippen LogP contribution in [0.2, 0.25) is 0 Å². The first kappa shape index (κ1) is 13.2. The molecule has 94 valence electrons. The van der Waals surface area contributed by atoms with Crippen molar-refractivity contribution in [2.24, 2.45) is 0 Å². The second-order valence-electron chi connectivity index (χ2n) is 3.66. The van der Waals surface area contributed by atoms with Crippen LogP contribution in [0.3, 0.4) is 0 Å². The third-order valence-corrected chi connectivity index (χ3v) is 2.36. The number of unbranched alkanes of at least 4 members (excludes halogenated alkanes) is 1. The van der Waals surface area contributed by atoms with Crippen LogP contribution >= 0.6 is 0 Å². The second-order valence-corrected chi connectivity index (χ2v) is 3.66. The predicted molar refractivity (Wildman–Crippen MR) is 64.5 cm³/mol. The van der Waals surface area contributed by atoms with E-state index in [0.717, 1.165) is 12.8 Å². The number of phenols is 2. The normalized spacial score (nSPS) is 10.0. The van der Waals surface area contributed by atoms with E-state index in [2.05, 4.69) is 10.1 Å². The molecule has 0 saturated carbocycles. The summed E-state index contributed by atoms with van der Waals surface area (Å²) in [6.07, 6.45) is 1.94. The molecular weight excluding hydrogens is 222 g/mol. The molecule has 0 atom stereocenters. The number of nitrogens with one attached hydrogen (secondary N) is 1. The lowest BCUT2D eigenvalue weighted by atomic mass is 10.1. The molecule has 0 unspecified atom stereocenters. The summed E-state index contributed by atoms with van der Waals surface area (Å²) >= 11 is 0. The number of hydrogen-bond acceptors (Lipinski definition) is 5. The van der Waals surface area contributed by atoms with Crippen molar-refractivity contribution >= 4 is 11.7 Å². The van der Waals surface area contributed by atoms with Crippen LogP contribution in [0.1, 0.15) is 30.1 Å². The average molecular weight is 239 g/mol. The quantitative estimate of drug-likeness (QED) is 0.416. The van der Waals surface area contributed by atoms with Crippen LogP contribution in [0, 0.1) is 0 Å². The number of ether oxygens (including phenoxy) is 1. The number of rotatable bonds is 5. The fourth-order valence-corrected chi connectivity index (χ4v) is 1.39. The van der Waals surface area contributed by atoms with E-state index in [0.29, 0.717) is 12.2 Å². The molecule has 3 N–H and O–H groups in total. The van der Waals surface area contributed by atoms with Crippen LogP contribution < -0.4 is 5.32 Å². The number of carbonyl (C=O) groups excluding carboxylic acids is 1. The van der Waals surface area contributed by atoms with Gasteiger partial charge in [0.2, 0.25) is 0 Å². The fraction of sp³-hybridized carbons (Fsp3) is 0.417. The lowest BCUT2D eigenvalue weighted by Gasteiger charge is -2.10. The van der Waals surface area contributed by atoms with Gasteiger partial charge in [-0.1, -0.05) is 13.3 Å². The van der Waals surface area contributed by atoms with Crippen LogP contribution in [0.25, 0.3) is 0 Å². The summed E-state index contributed by atoms with van der Waals surface area (Å²) in [6, 6.07) is 2.63. The number of hydrogen-bond donors (Lipinski definition) is 3. The Bertz CT molecular complexity index is 404. The summed E-state index contributed by atoms with van der Waals surface area (Å²) in [5.74, 6) is -1.15. The van der Waals surface area contributed by atoms with Crippen LogP contribution in [0.5, 0.6) is 11.5 Å². The SMILES string of the molecule is CCCCNc1cc(C(=O)OC)cc(O)c1O. The maximum Gasteiger partial charge on any atom is 0.338 e. The number of aromatic hydroxyl groups is 2. The minimum absolute atomic E-state index is 0.196. The molecule has 0 spiro atoms. The van der Waals surface area contributed by atoms with Crippen molar-refractivity contribution < 1.29 is 19.7 Å². The maximum absolute atomic E-state index is 11.3. The molecule has 0 bridgehead atoms. The van der Waals surface area contributed by atoms with E-state index < -0.39 is 5.97 Å². The van der Waals surface area contributed by atoms with E-state index in [4.69, 9.17) is 0 Å². The lowest BCUT2D eigenvalue weighted by molar-refractivity contribution is 0.0600. The number of esters is 1. The molecule has 0 saturated heterocycles. The van der Waals surface area contributed by atoms with Gasteiger partial charge in [0.05, 0.1) is 18.4 Å². The smallest absolute Gasteiger partial charge is 0.338 e. The second kappa shape index (κ2) is 5.98. The number of benzene rings is 1. The van der Waals surface area contributed by atoms with Crippen molar-refractivity contribution in [1.82, 2.24) is 0 Å². The molecule has 0 heterocycles. The first-order chi connectivity index (χ1) is 8.10. The minimum Gasteiger partial charge on any atom is -0.504 e. The van der Waals surface area contributed by atoms with Crippen LogP contribution in [0.4, 0.5) is 5.69 Å². The topological polar surface area (TPSA) is 78.8 Å². The highest BCUT2D eigenvalue weighted by Crippen LogP contribution is 2.34. The van der Waals surface area contributed by atoms with Gasteiger partial charge in [-0.05, 0) is 18.6 Å². The van der Waals surface area contributed by atoms with Gasteiger partial charge < -0.3 is 20.3 Å². The highest BCUT2D eigenvalue weighted by atomic mass is 16.5. The van der Waals surface area contributed by atoms with Gasteiger partial charge in [-0.25, -0.2) is 4.79 Å². The van der Waals surface area contributed by atoms with Crippen molar-refractivity contribution in [3.05, 3.63) is 17.7 Å². The Hall–Kier alpha value is -1.91. The minimum atomic E-state index is -0.557. The molecule has 1 rings (SSSR count). The van der Waals surface area contributed by atoms with E-state index in [1.54, 1.807) is 0 Å². The van der Waals surface area contributed by atoms with E-state index in [9.17, 15) is 15.0 Å². The first-order valence-electron chi connectivity index (χ1n) is 5.48. The zero-order valence-electron chi connectivity index (χ0n) is 9.99. The zero-order chi connectivity index (χ0) is 12.8. The molecule has 17 heavy (non-hydrogen) atoms. The van der Waals surface area contributed by atoms with Gasteiger partial charge in [0.15, 0.2) is 11.5 Å². The standard InChI is InChI=1S/C12H17NO4/c1-3-4-5-13-9-6-8(12(16)17-2)7-10(14)11(9)15/h6-7,13-15H,3-5H2,1-2H3. The van der Waals surface area contributed by atoms with Gasteiger partial charge >= 0.3 is 5.97 Å². The van der Waals surface area contributed by atoms with E-state index in [1.165, 1.54) is 19.2 Å². The third kappa shape index (κ3) is 3.27. The molecule has 0 aliphatic heterocycles. The van der Waals surface area contributed by atoms with E-state index in [-0.39, 0.29) is 17.1 Å². The Balaban J connectivity index is 2.94. The molecule has 0 aliphatic rings. The number of carbonyl (C=O) groups is 1. The van der Waals surface area contributed by atoms with Gasteiger partial charge in [-0.3, -0.25) is 0 Å². The monoisotopic (exact) mass is 239 g/mol. The van der Waals surface area contributed by atoms with Crippen LogP contribution in [0.15, 0.2) is 12.1 Å². The molecule has 0 fully saturated rings. The Labute approximate surface area is 100 Å². The molecule has 1 aromatic carbocycles. The van der Waals surface area contributed by atoms with E-state index in [1.807, 2.05) is 6.92 Å². The van der Waals surface area contributed by atoms with Crippen molar-refractivity contribution in [3.8, 4) is 11.5 Å². The van der Waals surface area contributed by atoms with Crippen molar-refractivity contribution in [2.45, 2.75) is 19.8 Å². The lowest BCUT2D eigenvalue weighted by Crippen LogP contribution is -2.05. The molecule has 0 radical (unpaired) electrons. The van der Waals surface area contributed by atoms with Crippen molar-refractivity contribution in [3.63, 3.8) is 0 Å². The van der Waals surface area contributed by atoms with E-state index >= 15 is 0 Å². The molecule has 0 aromatic heterocycles. The van der Waals surface area contributed by atoms with Gasteiger partial charge in [0.1, 0.15) is 0 Å². The zero-order valence-corrected chi connectivity index (χ0v) is 9.99.